The second-order valence-corrected chi connectivity index (χ2v) is 5.80. The van der Waals surface area contributed by atoms with E-state index in [2.05, 4.69) is 20.1 Å². The standard InChI is InChI=1S/C13H13N5O3S.Y/c1-6-9(4-8(5-14-6)22(20)21)12-15-10-7(2)18(3)17-11(10)13(19)16-12;/h4-5H,1-3H3,(H,20,21)(H,15,16,19);/p-1. The average molecular weight is 407 g/mol. The van der Waals surface area contributed by atoms with E-state index in [4.69, 9.17) is 0 Å². The van der Waals surface area contributed by atoms with E-state index in [9.17, 15) is 13.6 Å². The van der Waals surface area contributed by atoms with Crippen LogP contribution in [0.15, 0.2) is 22.0 Å². The molecule has 0 saturated carbocycles. The van der Waals surface area contributed by atoms with E-state index >= 15 is 0 Å². The van der Waals surface area contributed by atoms with Gasteiger partial charge in [-0.15, -0.1) is 0 Å². The summed E-state index contributed by atoms with van der Waals surface area (Å²) in [6.07, 6.45) is 1.26. The number of fused-ring (bicyclic) bond motifs is 1. The van der Waals surface area contributed by atoms with Crippen molar-refractivity contribution in [3.63, 3.8) is 0 Å². The second kappa shape index (κ2) is 6.68. The first-order valence-corrected chi connectivity index (χ1v) is 7.46. The maximum atomic E-state index is 12.2. The van der Waals surface area contributed by atoms with E-state index in [1.807, 2.05) is 0 Å². The van der Waals surface area contributed by atoms with Crippen molar-refractivity contribution in [2.45, 2.75) is 18.7 Å². The Hall–Kier alpha value is -1.29. The Bertz CT molecular complexity index is 982. The minimum Gasteiger partial charge on any atom is -0.768 e. The predicted molar refractivity (Wildman–Crippen MR) is 79.0 cm³/mol. The first-order valence-electron chi connectivity index (χ1n) is 6.38. The molecule has 1 N–H and O–H groups in total. The molecule has 1 radical (unpaired) electrons. The van der Waals surface area contributed by atoms with Crippen molar-refractivity contribution in [2.75, 3.05) is 0 Å². The Kier molecular flexibility index (Phi) is 5.25. The van der Waals surface area contributed by atoms with Gasteiger partial charge in [0.2, 0.25) is 0 Å². The zero-order valence-corrected chi connectivity index (χ0v) is 16.3. The van der Waals surface area contributed by atoms with Crippen molar-refractivity contribution in [3.05, 3.63) is 34.0 Å². The number of nitrogens with one attached hydrogen (secondary N) is 1. The summed E-state index contributed by atoms with van der Waals surface area (Å²) in [5.41, 5.74) is 2.13. The molecular formula is C13H12N5O3SY-. The molecule has 0 fully saturated rings. The molecule has 0 aromatic carbocycles. The topological polar surface area (TPSA) is 117 Å². The van der Waals surface area contributed by atoms with Gasteiger partial charge in [-0.25, -0.2) is 4.98 Å². The molecule has 0 spiro atoms. The molecule has 3 heterocycles. The molecule has 23 heavy (non-hydrogen) atoms. The molecule has 0 aliphatic heterocycles. The van der Waals surface area contributed by atoms with Gasteiger partial charge in [-0.05, 0) is 31.0 Å². The third kappa shape index (κ3) is 3.19. The van der Waals surface area contributed by atoms with Gasteiger partial charge in [0.1, 0.15) is 11.3 Å². The molecule has 3 aromatic heterocycles. The van der Waals surface area contributed by atoms with Crippen molar-refractivity contribution < 1.29 is 41.5 Å². The number of pyridine rings is 1. The molecule has 0 bridgehead atoms. The van der Waals surface area contributed by atoms with Crippen molar-refractivity contribution in [1.29, 1.82) is 0 Å². The van der Waals surface area contributed by atoms with E-state index in [0.29, 0.717) is 16.8 Å². The van der Waals surface area contributed by atoms with Gasteiger partial charge in [0.15, 0.2) is 5.52 Å². The van der Waals surface area contributed by atoms with Gasteiger partial charge in [0.05, 0.1) is 5.69 Å². The van der Waals surface area contributed by atoms with Gasteiger partial charge in [-0.2, -0.15) is 5.10 Å². The SMILES string of the molecule is Cc1ncc(S(=O)[O-])cc1-c1nc2c(C)n(C)nc2c(=O)[nH]1.[Y]. The second-order valence-electron chi connectivity index (χ2n) is 4.86. The quantitative estimate of drug-likeness (QED) is 0.621. The minimum atomic E-state index is -2.40. The summed E-state index contributed by atoms with van der Waals surface area (Å²) in [5, 5.41) is 4.11. The molecule has 3 aromatic rings. The van der Waals surface area contributed by atoms with Crippen LogP contribution in [-0.2, 0) is 50.8 Å². The summed E-state index contributed by atoms with van der Waals surface area (Å²) in [6.45, 7) is 3.52. The Balaban J connectivity index is 0.00000192. The molecule has 0 aliphatic carbocycles. The first kappa shape index (κ1) is 18.1. The minimum absolute atomic E-state index is 0. The summed E-state index contributed by atoms with van der Waals surface area (Å²) in [4.78, 5) is 23.3. The van der Waals surface area contributed by atoms with Crippen LogP contribution in [0.2, 0.25) is 0 Å². The van der Waals surface area contributed by atoms with Crippen LogP contribution in [0.5, 0.6) is 0 Å². The average Bonchev–Trinajstić information content (AvgIpc) is 2.76. The summed E-state index contributed by atoms with van der Waals surface area (Å²) >= 11 is -2.40. The van der Waals surface area contributed by atoms with Crippen LogP contribution in [-0.4, -0.2) is 33.5 Å². The van der Waals surface area contributed by atoms with Crippen LogP contribution < -0.4 is 5.56 Å². The molecule has 1 unspecified atom stereocenters. The summed E-state index contributed by atoms with van der Waals surface area (Å²) < 4.78 is 23.7. The number of nitrogens with zero attached hydrogens (tertiary/aromatic N) is 4. The van der Waals surface area contributed by atoms with Crippen molar-refractivity contribution in [2.24, 2.45) is 7.05 Å². The fourth-order valence-electron chi connectivity index (χ4n) is 2.16. The fraction of sp³-hybridized carbons (Fsp3) is 0.231. The molecule has 8 nitrogen and oxygen atoms in total. The Morgan fingerprint density at radius 2 is 2.00 bits per heavy atom. The van der Waals surface area contributed by atoms with Crippen molar-refractivity contribution in [1.82, 2.24) is 24.7 Å². The van der Waals surface area contributed by atoms with Gasteiger partial charge >= 0.3 is 0 Å². The Morgan fingerprint density at radius 3 is 2.65 bits per heavy atom. The fourth-order valence-corrected chi connectivity index (χ4v) is 2.52. The van der Waals surface area contributed by atoms with Gasteiger partial charge in [-0.1, -0.05) is 0 Å². The molecule has 0 aliphatic rings. The number of aromatic amines is 1. The monoisotopic (exact) mass is 407 g/mol. The maximum absolute atomic E-state index is 12.2. The van der Waals surface area contributed by atoms with Crippen molar-refractivity contribution >= 4 is 22.1 Å². The Labute approximate surface area is 158 Å². The third-order valence-corrected chi connectivity index (χ3v) is 4.09. The van der Waals surface area contributed by atoms with Gasteiger partial charge in [0.25, 0.3) is 5.56 Å². The van der Waals surface area contributed by atoms with Gasteiger partial charge in [0, 0.05) is 62.1 Å². The van der Waals surface area contributed by atoms with E-state index in [-0.39, 0.29) is 54.5 Å². The first-order chi connectivity index (χ1) is 10.4. The number of aryl methyl sites for hydroxylation is 3. The number of rotatable bonds is 2. The smallest absolute Gasteiger partial charge is 0.279 e. The number of H-pyrrole nitrogens is 1. The normalized spacial score (nSPS) is 12.2. The van der Waals surface area contributed by atoms with E-state index in [1.54, 1.807) is 25.6 Å². The molecule has 3 rings (SSSR count). The molecule has 117 valence electrons. The van der Waals surface area contributed by atoms with Crippen LogP contribution in [0.4, 0.5) is 0 Å². The van der Waals surface area contributed by atoms with Crippen LogP contribution in [0.3, 0.4) is 0 Å². The molecule has 10 heteroatoms. The van der Waals surface area contributed by atoms with E-state index in [1.165, 1.54) is 12.3 Å². The van der Waals surface area contributed by atoms with Gasteiger partial charge in [-0.3, -0.25) is 18.7 Å². The van der Waals surface area contributed by atoms with Crippen LogP contribution in [0.25, 0.3) is 22.4 Å². The molecule has 0 amide bonds. The van der Waals surface area contributed by atoms with Crippen molar-refractivity contribution in [3.8, 4) is 11.4 Å². The van der Waals surface area contributed by atoms with Crippen LogP contribution in [0.1, 0.15) is 11.4 Å². The summed E-state index contributed by atoms with van der Waals surface area (Å²) in [5.74, 6) is 0.269. The number of hydrogen-bond acceptors (Lipinski definition) is 6. The Morgan fingerprint density at radius 1 is 1.30 bits per heavy atom. The summed E-state index contributed by atoms with van der Waals surface area (Å²) in [7, 11) is 1.73. The van der Waals surface area contributed by atoms with E-state index < -0.39 is 11.1 Å². The third-order valence-electron chi connectivity index (χ3n) is 3.48. The molecule has 0 saturated heterocycles. The number of aromatic nitrogens is 5. The zero-order valence-electron chi connectivity index (χ0n) is 12.7. The van der Waals surface area contributed by atoms with E-state index in [0.717, 1.165) is 5.69 Å². The predicted octanol–water partition coefficient (Wildman–Crippen LogP) is 0.571. The molecular weight excluding hydrogens is 395 g/mol. The largest absolute Gasteiger partial charge is 0.768 e. The summed E-state index contributed by atoms with van der Waals surface area (Å²) in [6, 6.07) is 1.43. The number of hydrogen-bond donors (Lipinski definition) is 1. The maximum Gasteiger partial charge on any atom is 0.279 e. The zero-order chi connectivity index (χ0) is 16.0. The van der Waals surface area contributed by atoms with Crippen LogP contribution in [0, 0.1) is 13.8 Å². The van der Waals surface area contributed by atoms with Gasteiger partial charge < -0.3 is 9.54 Å². The molecule has 1 atom stereocenters. The van der Waals surface area contributed by atoms with Crippen LogP contribution >= 0.6 is 0 Å².